The first-order valence-corrected chi connectivity index (χ1v) is 9.78. The monoisotopic (exact) mass is 347 g/mol. The molecule has 128 valence electrons. The average molecular weight is 347 g/mol. The lowest BCUT2D eigenvalue weighted by atomic mass is 10.1. The first kappa shape index (κ1) is 16.7. The quantitative estimate of drug-likeness (QED) is 0.910. The van der Waals surface area contributed by atoms with Gasteiger partial charge in [-0.2, -0.15) is 5.10 Å². The molecular formula is C17H21N3O3S. The van der Waals surface area contributed by atoms with E-state index in [0.717, 1.165) is 22.6 Å². The van der Waals surface area contributed by atoms with Crippen molar-refractivity contribution in [2.75, 3.05) is 11.5 Å². The van der Waals surface area contributed by atoms with E-state index in [1.165, 1.54) is 0 Å². The van der Waals surface area contributed by atoms with E-state index in [-0.39, 0.29) is 17.4 Å². The molecule has 2 aromatic rings. The third kappa shape index (κ3) is 3.36. The van der Waals surface area contributed by atoms with E-state index in [9.17, 15) is 13.2 Å². The fourth-order valence-corrected chi connectivity index (χ4v) is 4.81. The van der Waals surface area contributed by atoms with E-state index >= 15 is 0 Å². The first-order valence-electron chi connectivity index (χ1n) is 7.96. The second-order valence-electron chi connectivity index (χ2n) is 6.21. The summed E-state index contributed by atoms with van der Waals surface area (Å²) in [5.74, 6) is -0.558. The fraction of sp³-hybridized carbons (Fsp3) is 0.412. The van der Waals surface area contributed by atoms with Gasteiger partial charge in [0.15, 0.2) is 9.84 Å². The molecule has 0 radical (unpaired) electrons. The van der Waals surface area contributed by atoms with Crippen molar-refractivity contribution in [3.63, 3.8) is 0 Å². The molecule has 1 fully saturated rings. The lowest BCUT2D eigenvalue weighted by Crippen LogP contribution is -2.31. The van der Waals surface area contributed by atoms with Crippen LogP contribution in [-0.4, -0.2) is 35.6 Å². The number of hydrogen-bond donors (Lipinski definition) is 1. The summed E-state index contributed by atoms with van der Waals surface area (Å²) in [6.45, 7) is 4.24. The molecule has 1 N–H and O–H groups in total. The highest BCUT2D eigenvalue weighted by molar-refractivity contribution is 7.91. The fourth-order valence-electron chi connectivity index (χ4n) is 3.07. The van der Waals surface area contributed by atoms with Gasteiger partial charge in [-0.25, -0.2) is 13.1 Å². The summed E-state index contributed by atoms with van der Waals surface area (Å²) in [5, 5.41) is 7.42. The summed E-state index contributed by atoms with van der Waals surface area (Å²) >= 11 is 0. The van der Waals surface area contributed by atoms with Crippen molar-refractivity contribution in [1.82, 2.24) is 15.1 Å². The number of aromatic nitrogens is 2. The van der Waals surface area contributed by atoms with Crippen LogP contribution in [0.25, 0.3) is 5.69 Å². The Bertz CT molecular complexity index is 857. The van der Waals surface area contributed by atoms with Crippen LogP contribution in [0.2, 0.25) is 0 Å². The van der Waals surface area contributed by atoms with E-state index in [1.807, 2.05) is 48.9 Å². The van der Waals surface area contributed by atoms with Crippen molar-refractivity contribution >= 4 is 15.7 Å². The van der Waals surface area contributed by atoms with Crippen molar-refractivity contribution in [3.05, 3.63) is 47.3 Å². The maximum atomic E-state index is 12.2. The van der Waals surface area contributed by atoms with Crippen LogP contribution in [0, 0.1) is 19.8 Å². The summed E-state index contributed by atoms with van der Waals surface area (Å²) in [6.07, 6.45) is 0.412. The summed E-state index contributed by atoms with van der Waals surface area (Å²) in [6, 6.07) is 9.81. The van der Waals surface area contributed by atoms with Gasteiger partial charge in [-0.15, -0.1) is 0 Å². The number of nitrogens with one attached hydrogen (secondary N) is 1. The van der Waals surface area contributed by atoms with Gasteiger partial charge in [-0.1, -0.05) is 18.2 Å². The second-order valence-corrected chi connectivity index (χ2v) is 8.44. The minimum atomic E-state index is -3.05. The molecule has 6 nitrogen and oxygen atoms in total. The second kappa shape index (κ2) is 6.39. The van der Waals surface area contributed by atoms with Crippen LogP contribution in [0.1, 0.15) is 23.4 Å². The summed E-state index contributed by atoms with van der Waals surface area (Å²) in [7, 11) is -3.05. The van der Waals surface area contributed by atoms with Gasteiger partial charge >= 0.3 is 0 Å². The molecule has 1 aliphatic rings. The van der Waals surface area contributed by atoms with E-state index < -0.39 is 15.8 Å². The number of aryl methyl sites for hydroxylation is 1. The zero-order valence-corrected chi connectivity index (χ0v) is 14.6. The molecule has 1 aromatic heterocycles. The highest BCUT2D eigenvalue weighted by Gasteiger charge is 2.32. The first-order chi connectivity index (χ1) is 11.4. The standard InChI is InChI=1S/C17H21N3O3S/c1-12-16(10-18-17(21)14-8-9-24(22,23)11-14)13(2)20(19-12)15-6-4-3-5-7-15/h3-7,14H,8-11H2,1-2H3,(H,18,21). The number of carbonyl (C=O) groups is 1. The Morgan fingerprint density at radius 1 is 1.29 bits per heavy atom. The molecule has 1 amide bonds. The molecule has 24 heavy (non-hydrogen) atoms. The van der Waals surface area contributed by atoms with Crippen molar-refractivity contribution < 1.29 is 13.2 Å². The van der Waals surface area contributed by atoms with Crippen LogP contribution in [0.4, 0.5) is 0 Å². The number of rotatable bonds is 4. The Morgan fingerprint density at radius 3 is 2.62 bits per heavy atom. The third-order valence-corrected chi connectivity index (χ3v) is 6.25. The van der Waals surface area contributed by atoms with Crippen LogP contribution in [0.15, 0.2) is 30.3 Å². The van der Waals surface area contributed by atoms with Crippen LogP contribution in [0.5, 0.6) is 0 Å². The van der Waals surface area contributed by atoms with Crippen molar-refractivity contribution in [1.29, 1.82) is 0 Å². The minimum Gasteiger partial charge on any atom is -0.352 e. The Balaban J connectivity index is 1.72. The largest absolute Gasteiger partial charge is 0.352 e. The normalized spacial score (nSPS) is 19.3. The highest BCUT2D eigenvalue weighted by Crippen LogP contribution is 2.20. The molecule has 7 heteroatoms. The molecule has 0 saturated carbocycles. The molecule has 1 unspecified atom stereocenters. The molecule has 3 rings (SSSR count). The number of amides is 1. The number of hydrogen-bond acceptors (Lipinski definition) is 4. The molecule has 2 heterocycles. The average Bonchev–Trinajstić information content (AvgIpc) is 3.06. The van der Waals surface area contributed by atoms with E-state index in [0.29, 0.717) is 13.0 Å². The Kier molecular flexibility index (Phi) is 4.45. The predicted octanol–water partition coefficient (Wildman–Crippen LogP) is 1.54. The van der Waals surface area contributed by atoms with E-state index in [1.54, 1.807) is 0 Å². The van der Waals surface area contributed by atoms with Gasteiger partial charge in [-0.05, 0) is 32.4 Å². The van der Waals surface area contributed by atoms with Gasteiger partial charge in [0.05, 0.1) is 28.8 Å². The number of carbonyl (C=O) groups excluding carboxylic acids is 1. The van der Waals surface area contributed by atoms with Gasteiger partial charge in [0.2, 0.25) is 5.91 Å². The Hall–Kier alpha value is -2.15. The summed E-state index contributed by atoms with van der Waals surface area (Å²) in [4.78, 5) is 12.2. The van der Waals surface area contributed by atoms with Crippen molar-refractivity contribution in [2.24, 2.45) is 5.92 Å². The Labute approximate surface area is 141 Å². The van der Waals surface area contributed by atoms with Gasteiger partial charge in [0, 0.05) is 17.8 Å². The number of nitrogens with zero attached hydrogens (tertiary/aromatic N) is 2. The van der Waals surface area contributed by atoms with Crippen molar-refractivity contribution in [3.8, 4) is 5.69 Å². The van der Waals surface area contributed by atoms with Crippen LogP contribution < -0.4 is 5.32 Å². The number of benzene rings is 1. The molecule has 1 aliphatic heterocycles. The maximum absolute atomic E-state index is 12.2. The number of para-hydroxylation sites is 1. The van der Waals surface area contributed by atoms with Crippen LogP contribution in [-0.2, 0) is 21.2 Å². The topological polar surface area (TPSA) is 81.1 Å². The smallest absolute Gasteiger partial charge is 0.224 e. The molecule has 0 aliphatic carbocycles. The molecular weight excluding hydrogens is 326 g/mol. The molecule has 1 aromatic carbocycles. The van der Waals surface area contributed by atoms with Gasteiger partial charge in [0.25, 0.3) is 0 Å². The van der Waals surface area contributed by atoms with Gasteiger partial charge < -0.3 is 5.32 Å². The van der Waals surface area contributed by atoms with Gasteiger partial charge in [-0.3, -0.25) is 4.79 Å². The minimum absolute atomic E-state index is 0.0416. The lowest BCUT2D eigenvalue weighted by Gasteiger charge is -2.10. The third-order valence-electron chi connectivity index (χ3n) is 4.48. The van der Waals surface area contributed by atoms with Gasteiger partial charge in [0.1, 0.15) is 0 Å². The molecule has 1 atom stereocenters. The van der Waals surface area contributed by atoms with E-state index in [2.05, 4.69) is 10.4 Å². The highest BCUT2D eigenvalue weighted by atomic mass is 32.2. The summed E-state index contributed by atoms with van der Waals surface area (Å²) in [5.41, 5.74) is 3.76. The van der Waals surface area contributed by atoms with E-state index in [4.69, 9.17) is 0 Å². The van der Waals surface area contributed by atoms with Crippen molar-refractivity contribution in [2.45, 2.75) is 26.8 Å². The summed E-state index contributed by atoms with van der Waals surface area (Å²) < 4.78 is 24.8. The zero-order valence-electron chi connectivity index (χ0n) is 13.8. The predicted molar refractivity (Wildman–Crippen MR) is 91.6 cm³/mol. The number of sulfone groups is 1. The maximum Gasteiger partial charge on any atom is 0.224 e. The zero-order chi connectivity index (χ0) is 17.3. The SMILES string of the molecule is Cc1nn(-c2ccccc2)c(C)c1CNC(=O)C1CCS(=O)(=O)C1. The van der Waals surface area contributed by atoms with Crippen LogP contribution in [0.3, 0.4) is 0 Å². The molecule has 0 spiro atoms. The molecule has 1 saturated heterocycles. The molecule has 0 bridgehead atoms. The lowest BCUT2D eigenvalue weighted by molar-refractivity contribution is -0.124. The van der Waals surface area contributed by atoms with Crippen LogP contribution >= 0.6 is 0 Å². The Morgan fingerprint density at radius 2 is 2.00 bits per heavy atom.